The first-order valence-corrected chi connectivity index (χ1v) is 5.97. The van der Waals surface area contributed by atoms with E-state index in [2.05, 4.69) is 15.6 Å². The largest absolute Gasteiger partial charge is 0.480 e. The molecule has 2 aromatic rings. The first kappa shape index (κ1) is 15.2. The van der Waals surface area contributed by atoms with Crippen molar-refractivity contribution in [2.24, 2.45) is 5.84 Å². The number of benzene rings is 1. The van der Waals surface area contributed by atoms with E-state index in [1.54, 1.807) is 0 Å². The summed E-state index contributed by atoms with van der Waals surface area (Å²) < 4.78 is 44.0. The molecule has 0 saturated heterocycles. The lowest BCUT2D eigenvalue weighted by atomic mass is 9.98. The molecule has 0 fully saturated rings. The van der Waals surface area contributed by atoms with Crippen molar-refractivity contribution in [3.63, 3.8) is 0 Å². The molecule has 0 aliphatic rings. The average molecular weight is 298 g/mol. The zero-order valence-electron chi connectivity index (χ0n) is 11.1. The number of hydrazine groups is 1. The van der Waals surface area contributed by atoms with Gasteiger partial charge in [0.1, 0.15) is 0 Å². The molecule has 0 bridgehead atoms. The number of halogens is 3. The van der Waals surface area contributed by atoms with E-state index in [0.29, 0.717) is 0 Å². The van der Waals surface area contributed by atoms with Crippen LogP contribution >= 0.6 is 0 Å². The Balaban J connectivity index is 2.46. The fourth-order valence-electron chi connectivity index (χ4n) is 1.93. The molecule has 1 heterocycles. The van der Waals surface area contributed by atoms with Crippen LogP contribution in [-0.4, -0.2) is 17.3 Å². The Morgan fingerprint density at radius 1 is 1.14 bits per heavy atom. The second kappa shape index (κ2) is 6.06. The summed E-state index contributed by atoms with van der Waals surface area (Å²) in [5.41, 5.74) is 1.81. The maximum absolute atomic E-state index is 13.1. The van der Waals surface area contributed by atoms with Gasteiger partial charge in [-0.25, -0.2) is 5.43 Å². The summed E-state index contributed by atoms with van der Waals surface area (Å²) in [5.74, 6) is 5.67. The lowest BCUT2D eigenvalue weighted by Gasteiger charge is -2.20. The van der Waals surface area contributed by atoms with Crippen molar-refractivity contribution in [3.05, 3.63) is 53.2 Å². The molecule has 0 radical (unpaired) electrons. The van der Waals surface area contributed by atoms with Crippen LogP contribution in [0.15, 0.2) is 36.4 Å². The van der Waals surface area contributed by atoms with Gasteiger partial charge >= 0.3 is 6.18 Å². The summed E-state index contributed by atoms with van der Waals surface area (Å²) in [6.07, 6.45) is -4.48. The highest BCUT2D eigenvalue weighted by molar-refractivity contribution is 5.36. The molecule has 1 aromatic carbocycles. The molecule has 1 atom stereocenters. The van der Waals surface area contributed by atoms with E-state index in [1.165, 1.54) is 37.4 Å². The Hall–Kier alpha value is -2.19. The van der Waals surface area contributed by atoms with Gasteiger partial charge in [0, 0.05) is 6.07 Å². The second-order valence-electron chi connectivity index (χ2n) is 4.19. The minimum Gasteiger partial charge on any atom is -0.480 e. The molecule has 0 amide bonds. The van der Waals surface area contributed by atoms with Crippen molar-refractivity contribution in [2.75, 3.05) is 7.11 Å². The number of nitrogens with two attached hydrogens (primary N) is 1. The Kier molecular flexibility index (Phi) is 4.39. The maximum atomic E-state index is 13.1. The SMILES string of the molecule is COc1ccc(C(NN)c2ccccc2C(F)(F)F)nn1. The van der Waals surface area contributed by atoms with Gasteiger partial charge in [-0.3, -0.25) is 5.84 Å². The molecule has 3 N–H and O–H groups in total. The molecule has 0 aliphatic carbocycles. The topological polar surface area (TPSA) is 73.1 Å². The molecule has 21 heavy (non-hydrogen) atoms. The van der Waals surface area contributed by atoms with Gasteiger partial charge < -0.3 is 4.74 Å². The highest BCUT2D eigenvalue weighted by atomic mass is 19.4. The number of hydrogen-bond acceptors (Lipinski definition) is 5. The van der Waals surface area contributed by atoms with E-state index in [-0.39, 0.29) is 17.1 Å². The first-order valence-electron chi connectivity index (χ1n) is 5.97. The van der Waals surface area contributed by atoms with Crippen LogP contribution < -0.4 is 16.0 Å². The monoisotopic (exact) mass is 298 g/mol. The van der Waals surface area contributed by atoms with Gasteiger partial charge in [-0.15, -0.1) is 10.2 Å². The smallest absolute Gasteiger partial charge is 0.416 e. The van der Waals surface area contributed by atoms with Gasteiger partial charge in [-0.2, -0.15) is 13.2 Å². The van der Waals surface area contributed by atoms with Crippen molar-refractivity contribution in [3.8, 4) is 5.88 Å². The molecular formula is C13H13F3N4O. The number of ether oxygens (including phenoxy) is 1. The van der Waals surface area contributed by atoms with E-state index in [4.69, 9.17) is 10.6 Å². The summed E-state index contributed by atoms with van der Waals surface area (Å²) in [7, 11) is 1.42. The number of alkyl halides is 3. The maximum Gasteiger partial charge on any atom is 0.416 e. The zero-order chi connectivity index (χ0) is 15.5. The van der Waals surface area contributed by atoms with E-state index in [1.807, 2.05) is 0 Å². The van der Waals surface area contributed by atoms with Crippen LogP contribution in [0.2, 0.25) is 0 Å². The molecule has 0 aliphatic heterocycles. The Bertz CT molecular complexity index is 601. The number of methoxy groups -OCH3 is 1. The van der Waals surface area contributed by atoms with E-state index >= 15 is 0 Å². The number of nitrogens with zero attached hydrogens (tertiary/aromatic N) is 2. The quantitative estimate of drug-likeness (QED) is 0.667. The molecule has 1 unspecified atom stereocenters. The van der Waals surface area contributed by atoms with Crippen molar-refractivity contribution in [2.45, 2.75) is 12.2 Å². The molecule has 0 saturated carbocycles. The normalized spacial score (nSPS) is 13.0. The summed E-state index contributed by atoms with van der Waals surface area (Å²) in [4.78, 5) is 0. The van der Waals surface area contributed by atoms with Crippen molar-refractivity contribution in [1.29, 1.82) is 0 Å². The van der Waals surface area contributed by atoms with E-state index in [9.17, 15) is 13.2 Å². The molecular weight excluding hydrogens is 285 g/mol. The number of aromatic nitrogens is 2. The van der Waals surface area contributed by atoms with Gasteiger partial charge in [-0.1, -0.05) is 18.2 Å². The molecule has 8 heteroatoms. The van der Waals surface area contributed by atoms with Crippen molar-refractivity contribution >= 4 is 0 Å². The van der Waals surface area contributed by atoms with E-state index < -0.39 is 17.8 Å². The lowest BCUT2D eigenvalue weighted by Crippen LogP contribution is -2.31. The highest BCUT2D eigenvalue weighted by Crippen LogP contribution is 2.35. The van der Waals surface area contributed by atoms with Crippen LogP contribution in [0.5, 0.6) is 5.88 Å². The summed E-state index contributed by atoms with van der Waals surface area (Å²) in [6.45, 7) is 0. The van der Waals surface area contributed by atoms with Crippen LogP contribution in [-0.2, 0) is 6.18 Å². The Morgan fingerprint density at radius 2 is 1.86 bits per heavy atom. The molecule has 112 valence electrons. The molecule has 0 spiro atoms. The number of hydrogen-bond donors (Lipinski definition) is 2. The second-order valence-corrected chi connectivity index (χ2v) is 4.19. The van der Waals surface area contributed by atoms with Gasteiger partial charge in [0.05, 0.1) is 24.4 Å². The predicted molar refractivity (Wildman–Crippen MR) is 69.2 cm³/mol. The third-order valence-corrected chi connectivity index (χ3v) is 2.91. The van der Waals surface area contributed by atoms with Crippen LogP contribution in [0.1, 0.15) is 22.9 Å². The minimum absolute atomic E-state index is 0.0213. The zero-order valence-corrected chi connectivity index (χ0v) is 11.1. The standard InChI is InChI=1S/C13H13F3N4O/c1-21-11-7-6-10(19-20-11)12(18-17)8-4-2-3-5-9(8)13(14,15)16/h2-7,12,18H,17H2,1H3. The van der Waals surface area contributed by atoms with Gasteiger partial charge in [0.15, 0.2) is 0 Å². The third-order valence-electron chi connectivity index (χ3n) is 2.91. The van der Waals surface area contributed by atoms with E-state index in [0.717, 1.165) is 6.07 Å². The number of nitrogens with one attached hydrogen (secondary N) is 1. The number of rotatable bonds is 4. The van der Waals surface area contributed by atoms with Crippen LogP contribution in [0, 0.1) is 0 Å². The van der Waals surface area contributed by atoms with Crippen molar-refractivity contribution < 1.29 is 17.9 Å². The molecule has 1 aromatic heterocycles. The fourth-order valence-corrected chi connectivity index (χ4v) is 1.93. The Labute approximate surface area is 118 Å². The Morgan fingerprint density at radius 3 is 2.38 bits per heavy atom. The first-order chi connectivity index (χ1) is 9.97. The minimum atomic E-state index is -4.48. The van der Waals surface area contributed by atoms with Crippen LogP contribution in [0.3, 0.4) is 0 Å². The van der Waals surface area contributed by atoms with Gasteiger partial charge in [0.2, 0.25) is 5.88 Å². The average Bonchev–Trinajstić information content (AvgIpc) is 2.48. The highest BCUT2D eigenvalue weighted by Gasteiger charge is 2.35. The molecule has 5 nitrogen and oxygen atoms in total. The summed E-state index contributed by atoms with van der Waals surface area (Å²) in [6, 6.07) is 7.24. The van der Waals surface area contributed by atoms with Crippen molar-refractivity contribution in [1.82, 2.24) is 15.6 Å². The lowest BCUT2D eigenvalue weighted by molar-refractivity contribution is -0.138. The van der Waals surface area contributed by atoms with Crippen LogP contribution in [0.25, 0.3) is 0 Å². The van der Waals surface area contributed by atoms with Crippen LogP contribution in [0.4, 0.5) is 13.2 Å². The third kappa shape index (κ3) is 3.29. The van der Waals surface area contributed by atoms with Gasteiger partial charge in [0.25, 0.3) is 0 Å². The predicted octanol–water partition coefficient (Wildman–Crippen LogP) is 2.06. The van der Waals surface area contributed by atoms with Gasteiger partial charge in [-0.05, 0) is 17.7 Å². The fraction of sp³-hybridized carbons (Fsp3) is 0.231. The molecule has 2 rings (SSSR count). The summed E-state index contributed by atoms with van der Waals surface area (Å²) >= 11 is 0. The summed E-state index contributed by atoms with van der Waals surface area (Å²) in [5, 5.41) is 7.57.